The molecule has 1 aromatic heterocycles. The SMILES string of the molecule is O=C(O)CCCN1C(=O)[C@@H]2[C@H]3C[C@@H](C4=Cc5sc(=O)[nH]c5S[C@H]43)[C@H]2C1=O. The van der Waals surface area contributed by atoms with Crippen molar-refractivity contribution < 1.29 is 19.5 Å². The Labute approximate surface area is 156 Å². The van der Waals surface area contributed by atoms with E-state index in [9.17, 15) is 19.2 Å². The van der Waals surface area contributed by atoms with Crippen molar-refractivity contribution in [2.75, 3.05) is 6.54 Å². The third-order valence-corrected chi connectivity index (χ3v) is 8.40. The predicted molar refractivity (Wildman–Crippen MR) is 94.7 cm³/mol. The fourth-order valence-electron chi connectivity index (χ4n) is 5.09. The maximum Gasteiger partial charge on any atom is 0.305 e. The van der Waals surface area contributed by atoms with E-state index in [4.69, 9.17) is 5.11 Å². The van der Waals surface area contributed by atoms with Crippen LogP contribution in [0.25, 0.3) is 6.08 Å². The number of H-pyrrole nitrogens is 1. The van der Waals surface area contributed by atoms with Gasteiger partial charge in [0.1, 0.15) is 0 Å². The summed E-state index contributed by atoms with van der Waals surface area (Å²) in [6.07, 6.45) is 3.14. The van der Waals surface area contributed by atoms with Crippen LogP contribution in [0.4, 0.5) is 0 Å². The van der Waals surface area contributed by atoms with Gasteiger partial charge in [0.2, 0.25) is 11.8 Å². The Morgan fingerprint density at radius 1 is 1.27 bits per heavy atom. The van der Waals surface area contributed by atoms with Crippen molar-refractivity contribution >= 4 is 47.0 Å². The van der Waals surface area contributed by atoms with E-state index in [1.54, 1.807) is 11.8 Å². The Kier molecular flexibility index (Phi) is 3.49. The second-order valence-electron chi connectivity index (χ2n) is 7.27. The molecule has 2 bridgehead atoms. The highest BCUT2D eigenvalue weighted by Crippen LogP contribution is 2.64. The number of carboxylic acid groups (broad SMARTS) is 1. The lowest BCUT2D eigenvalue weighted by Crippen LogP contribution is -2.35. The highest BCUT2D eigenvalue weighted by Gasteiger charge is 2.66. The third-order valence-electron chi connectivity index (χ3n) is 6.01. The molecular weight excluding hydrogens is 376 g/mol. The van der Waals surface area contributed by atoms with Crippen molar-refractivity contribution in [1.82, 2.24) is 9.88 Å². The number of hydrogen-bond acceptors (Lipinski definition) is 6. The quantitative estimate of drug-likeness (QED) is 0.750. The second kappa shape index (κ2) is 5.56. The fraction of sp³-hybridized carbons (Fsp3) is 0.529. The van der Waals surface area contributed by atoms with Crippen LogP contribution in [0, 0.1) is 23.7 Å². The number of nitrogens with zero attached hydrogens (tertiary/aromatic N) is 1. The molecule has 136 valence electrons. The molecule has 5 atom stereocenters. The molecule has 0 unspecified atom stereocenters. The van der Waals surface area contributed by atoms with Crippen LogP contribution in [0.5, 0.6) is 0 Å². The van der Waals surface area contributed by atoms with Crippen molar-refractivity contribution in [2.24, 2.45) is 23.7 Å². The van der Waals surface area contributed by atoms with E-state index in [0.29, 0.717) is 6.42 Å². The number of aromatic nitrogens is 1. The Balaban J connectivity index is 1.43. The summed E-state index contributed by atoms with van der Waals surface area (Å²) in [6, 6.07) is 0. The van der Waals surface area contributed by atoms with Crippen LogP contribution in [-0.2, 0) is 14.4 Å². The summed E-state index contributed by atoms with van der Waals surface area (Å²) in [5, 5.41) is 9.79. The van der Waals surface area contributed by atoms with E-state index in [2.05, 4.69) is 4.98 Å². The van der Waals surface area contributed by atoms with Crippen LogP contribution >= 0.6 is 23.1 Å². The number of aromatic amines is 1. The molecule has 1 aromatic rings. The number of amides is 2. The molecule has 0 aromatic carbocycles. The number of carbonyl (C=O) groups is 3. The molecular formula is C17H16N2O5S2. The number of carboxylic acids is 1. The molecule has 9 heteroatoms. The molecule has 4 aliphatic rings. The molecule has 2 aliphatic heterocycles. The first-order chi connectivity index (χ1) is 12.5. The number of rotatable bonds is 4. The van der Waals surface area contributed by atoms with Gasteiger partial charge in [-0.2, -0.15) is 0 Å². The van der Waals surface area contributed by atoms with Crippen LogP contribution in [0.15, 0.2) is 15.4 Å². The number of aliphatic carboxylic acids is 1. The molecule has 26 heavy (non-hydrogen) atoms. The zero-order chi connectivity index (χ0) is 18.2. The smallest absolute Gasteiger partial charge is 0.305 e. The number of thiazole rings is 1. The van der Waals surface area contributed by atoms with Crippen molar-refractivity contribution in [1.29, 1.82) is 0 Å². The van der Waals surface area contributed by atoms with Gasteiger partial charge in [0.25, 0.3) is 0 Å². The summed E-state index contributed by atoms with van der Waals surface area (Å²) in [4.78, 5) is 53.0. The first-order valence-electron chi connectivity index (χ1n) is 8.64. The lowest BCUT2D eigenvalue weighted by molar-refractivity contribution is -0.142. The lowest BCUT2D eigenvalue weighted by Gasteiger charge is -2.32. The van der Waals surface area contributed by atoms with Crippen molar-refractivity contribution in [3.63, 3.8) is 0 Å². The van der Waals surface area contributed by atoms with Gasteiger partial charge in [-0.25, -0.2) is 0 Å². The Morgan fingerprint density at radius 3 is 2.81 bits per heavy atom. The molecule has 5 rings (SSSR count). The van der Waals surface area contributed by atoms with Crippen LogP contribution in [0.2, 0.25) is 0 Å². The monoisotopic (exact) mass is 392 g/mol. The molecule has 2 amide bonds. The first-order valence-corrected chi connectivity index (χ1v) is 10.3. The van der Waals surface area contributed by atoms with Crippen LogP contribution in [-0.4, -0.2) is 44.6 Å². The van der Waals surface area contributed by atoms with Crippen molar-refractivity contribution in [3.05, 3.63) is 20.1 Å². The zero-order valence-electron chi connectivity index (χ0n) is 13.6. The van der Waals surface area contributed by atoms with E-state index >= 15 is 0 Å². The summed E-state index contributed by atoms with van der Waals surface area (Å²) in [6.45, 7) is 0.188. The summed E-state index contributed by atoms with van der Waals surface area (Å²) < 4.78 is 0. The molecule has 7 nitrogen and oxygen atoms in total. The molecule has 2 aliphatic carbocycles. The number of carbonyl (C=O) groups excluding carboxylic acids is 2. The Morgan fingerprint density at radius 2 is 2.04 bits per heavy atom. The van der Waals surface area contributed by atoms with E-state index in [0.717, 1.165) is 16.3 Å². The van der Waals surface area contributed by atoms with Gasteiger partial charge >= 0.3 is 10.8 Å². The molecule has 3 fully saturated rings. The van der Waals surface area contributed by atoms with Gasteiger partial charge in [0.15, 0.2) is 0 Å². The van der Waals surface area contributed by atoms with E-state index in [-0.39, 0.29) is 58.6 Å². The third kappa shape index (κ3) is 2.13. The highest BCUT2D eigenvalue weighted by molar-refractivity contribution is 8.00. The normalized spacial score (nSPS) is 33.9. The minimum atomic E-state index is -0.919. The molecule has 3 heterocycles. The fourth-order valence-corrected chi connectivity index (χ4v) is 7.53. The van der Waals surface area contributed by atoms with Gasteiger partial charge in [-0.1, -0.05) is 28.7 Å². The van der Waals surface area contributed by atoms with Gasteiger partial charge in [-0.15, -0.1) is 0 Å². The summed E-state index contributed by atoms with van der Waals surface area (Å²) in [7, 11) is 0. The van der Waals surface area contributed by atoms with Gasteiger partial charge in [-0.3, -0.25) is 24.1 Å². The molecule has 2 saturated carbocycles. The number of imide groups is 1. The minimum absolute atomic E-state index is 0.0452. The van der Waals surface area contributed by atoms with Gasteiger partial charge in [0.05, 0.1) is 21.7 Å². The van der Waals surface area contributed by atoms with Gasteiger partial charge in [-0.05, 0) is 30.8 Å². The van der Waals surface area contributed by atoms with Gasteiger partial charge in [0, 0.05) is 18.2 Å². The van der Waals surface area contributed by atoms with Crippen LogP contribution < -0.4 is 4.87 Å². The number of thioether (sulfide) groups is 1. The highest BCUT2D eigenvalue weighted by atomic mass is 32.2. The average molecular weight is 392 g/mol. The Hall–Kier alpha value is -1.87. The minimum Gasteiger partial charge on any atom is -0.481 e. The standard InChI is InChI=1S/C17H16N2O5S2/c20-10(21)2-1-3-19-15(22)11-6-4-8(12(11)16(19)23)13-7(6)5-9-14(26-13)18-17(24)25-9/h5-6,8,11-13H,1-4H2,(H,18,24)(H,20,21)/t6-,8+,11+,12+,13+/m0/s1. The summed E-state index contributed by atoms with van der Waals surface area (Å²) in [5.74, 6) is -1.63. The molecule has 1 saturated heterocycles. The zero-order valence-corrected chi connectivity index (χ0v) is 15.3. The first kappa shape index (κ1) is 16.3. The maximum atomic E-state index is 12.9. The lowest BCUT2D eigenvalue weighted by atomic mass is 9.77. The average Bonchev–Trinajstić information content (AvgIpc) is 3.28. The van der Waals surface area contributed by atoms with E-state index < -0.39 is 5.97 Å². The topological polar surface area (TPSA) is 108 Å². The van der Waals surface area contributed by atoms with Crippen LogP contribution in [0.3, 0.4) is 0 Å². The number of likely N-dealkylation sites (tertiary alicyclic amines) is 1. The predicted octanol–water partition coefficient (Wildman–Crippen LogP) is 1.41. The molecule has 0 spiro atoms. The van der Waals surface area contributed by atoms with Crippen LogP contribution in [0.1, 0.15) is 24.1 Å². The van der Waals surface area contributed by atoms with E-state index in [1.807, 2.05) is 6.08 Å². The largest absolute Gasteiger partial charge is 0.481 e. The molecule has 0 radical (unpaired) electrons. The van der Waals surface area contributed by atoms with E-state index in [1.165, 1.54) is 21.8 Å². The van der Waals surface area contributed by atoms with Crippen molar-refractivity contribution in [3.8, 4) is 0 Å². The number of fused-ring (bicyclic) bond motifs is 9. The summed E-state index contributed by atoms with van der Waals surface area (Å²) >= 11 is 2.79. The summed E-state index contributed by atoms with van der Waals surface area (Å²) in [5.41, 5.74) is 1.19. The second-order valence-corrected chi connectivity index (χ2v) is 9.44. The maximum absolute atomic E-state index is 12.9. The number of hydrogen-bond donors (Lipinski definition) is 2. The Bertz CT molecular complexity index is 932. The number of nitrogens with one attached hydrogen (secondary N) is 1. The van der Waals surface area contributed by atoms with Gasteiger partial charge < -0.3 is 10.1 Å². The molecule has 2 N–H and O–H groups in total. The van der Waals surface area contributed by atoms with Crippen molar-refractivity contribution in [2.45, 2.75) is 29.5 Å².